The molecule has 1 aliphatic rings. The molecule has 144 valence electrons. The summed E-state index contributed by atoms with van der Waals surface area (Å²) < 4.78 is 43.4. The summed E-state index contributed by atoms with van der Waals surface area (Å²) in [5.74, 6) is -0.0436. The Morgan fingerprint density at radius 2 is 1.89 bits per heavy atom. The highest BCUT2D eigenvalue weighted by molar-refractivity contribution is 7.92. The van der Waals surface area contributed by atoms with E-state index < -0.39 is 20.9 Å². The molecular weight excluding hydrogens is 393 g/mol. The summed E-state index contributed by atoms with van der Waals surface area (Å²) in [5, 5.41) is -0.579. The number of benzene rings is 2. The molecular formula is C19H19ClFNO4S. The van der Waals surface area contributed by atoms with Crippen molar-refractivity contribution in [3.05, 3.63) is 58.9 Å². The van der Waals surface area contributed by atoms with Gasteiger partial charge in [0.2, 0.25) is 5.91 Å². The Labute approximate surface area is 162 Å². The van der Waals surface area contributed by atoms with Crippen LogP contribution in [0.3, 0.4) is 0 Å². The van der Waals surface area contributed by atoms with E-state index >= 15 is 0 Å². The first-order valence-corrected chi connectivity index (χ1v) is 10.3. The van der Waals surface area contributed by atoms with Crippen LogP contribution in [0.2, 0.25) is 5.02 Å². The third-order valence-electron chi connectivity index (χ3n) is 4.64. The van der Waals surface area contributed by atoms with Crippen LogP contribution in [0.5, 0.6) is 5.75 Å². The Bertz CT molecular complexity index is 941. The van der Waals surface area contributed by atoms with Gasteiger partial charge in [-0.1, -0.05) is 17.7 Å². The SMILES string of the molecule is COc1ccc(S(=O)(=O)C2CN(C(=O)CCc3ccc(F)c(Cl)c3)C2)cc1. The molecule has 0 aromatic heterocycles. The lowest BCUT2D eigenvalue weighted by Gasteiger charge is -2.38. The lowest BCUT2D eigenvalue weighted by Crippen LogP contribution is -2.56. The Kier molecular flexibility index (Phi) is 5.72. The van der Waals surface area contributed by atoms with E-state index in [1.807, 2.05) is 0 Å². The molecule has 0 aliphatic carbocycles. The fraction of sp³-hybridized carbons (Fsp3) is 0.316. The number of rotatable bonds is 6. The molecule has 2 aromatic carbocycles. The fourth-order valence-corrected chi connectivity index (χ4v) is 4.76. The van der Waals surface area contributed by atoms with E-state index in [-0.39, 0.29) is 35.3 Å². The van der Waals surface area contributed by atoms with Crippen molar-refractivity contribution in [3.63, 3.8) is 0 Å². The van der Waals surface area contributed by atoms with Crippen LogP contribution < -0.4 is 4.74 Å². The van der Waals surface area contributed by atoms with Crippen LogP contribution in [0, 0.1) is 5.82 Å². The number of nitrogens with zero attached hydrogens (tertiary/aromatic N) is 1. The number of ether oxygens (including phenoxy) is 1. The average molecular weight is 412 g/mol. The predicted octanol–water partition coefficient (Wildman–Crippen LogP) is 3.11. The van der Waals surface area contributed by atoms with Crippen molar-refractivity contribution in [3.8, 4) is 5.75 Å². The number of aryl methyl sites for hydroxylation is 1. The Morgan fingerprint density at radius 1 is 1.22 bits per heavy atom. The number of amides is 1. The summed E-state index contributed by atoms with van der Waals surface area (Å²) in [4.78, 5) is 14.0. The first-order valence-electron chi connectivity index (χ1n) is 8.41. The maximum atomic E-state index is 13.2. The van der Waals surface area contributed by atoms with Crippen LogP contribution >= 0.6 is 11.6 Å². The molecule has 1 heterocycles. The number of hydrogen-bond donors (Lipinski definition) is 0. The monoisotopic (exact) mass is 411 g/mol. The van der Waals surface area contributed by atoms with Gasteiger partial charge in [0.25, 0.3) is 0 Å². The van der Waals surface area contributed by atoms with Crippen molar-refractivity contribution in [2.45, 2.75) is 23.0 Å². The van der Waals surface area contributed by atoms with E-state index in [9.17, 15) is 17.6 Å². The highest BCUT2D eigenvalue weighted by Crippen LogP contribution is 2.26. The molecule has 0 N–H and O–H groups in total. The standard InChI is InChI=1S/C19H19ClFNO4S/c1-26-14-4-6-15(7-5-14)27(24,25)16-11-22(12-16)19(23)9-3-13-2-8-18(21)17(20)10-13/h2,4-8,10,16H,3,9,11-12H2,1H3. The van der Waals surface area contributed by atoms with E-state index in [1.54, 1.807) is 18.2 Å². The van der Waals surface area contributed by atoms with Crippen LogP contribution in [-0.2, 0) is 21.1 Å². The van der Waals surface area contributed by atoms with Gasteiger partial charge in [0.1, 0.15) is 16.8 Å². The van der Waals surface area contributed by atoms with Crippen LogP contribution in [0.25, 0.3) is 0 Å². The molecule has 2 aromatic rings. The van der Waals surface area contributed by atoms with Gasteiger partial charge in [0, 0.05) is 19.5 Å². The van der Waals surface area contributed by atoms with Gasteiger partial charge in [0.15, 0.2) is 9.84 Å². The van der Waals surface area contributed by atoms with Crippen molar-refractivity contribution in [2.75, 3.05) is 20.2 Å². The van der Waals surface area contributed by atoms with E-state index in [0.717, 1.165) is 5.56 Å². The van der Waals surface area contributed by atoms with E-state index in [0.29, 0.717) is 12.2 Å². The van der Waals surface area contributed by atoms with E-state index in [1.165, 1.54) is 36.3 Å². The second-order valence-corrected chi connectivity index (χ2v) is 9.03. The highest BCUT2D eigenvalue weighted by atomic mass is 35.5. The van der Waals surface area contributed by atoms with E-state index in [4.69, 9.17) is 16.3 Å². The topological polar surface area (TPSA) is 63.7 Å². The van der Waals surface area contributed by atoms with Crippen molar-refractivity contribution in [1.29, 1.82) is 0 Å². The quantitative estimate of drug-likeness (QED) is 0.732. The number of methoxy groups -OCH3 is 1. The minimum atomic E-state index is -3.48. The number of sulfone groups is 1. The normalized spacial score (nSPS) is 14.7. The molecule has 0 bridgehead atoms. The van der Waals surface area contributed by atoms with Crippen LogP contribution in [0.15, 0.2) is 47.4 Å². The average Bonchev–Trinajstić information content (AvgIpc) is 2.61. The van der Waals surface area contributed by atoms with Gasteiger partial charge in [-0.25, -0.2) is 12.8 Å². The van der Waals surface area contributed by atoms with Gasteiger partial charge >= 0.3 is 0 Å². The molecule has 27 heavy (non-hydrogen) atoms. The van der Waals surface area contributed by atoms with Gasteiger partial charge in [-0.05, 0) is 48.4 Å². The largest absolute Gasteiger partial charge is 0.497 e. The highest BCUT2D eigenvalue weighted by Gasteiger charge is 2.40. The summed E-state index contributed by atoms with van der Waals surface area (Å²) in [6.07, 6.45) is 0.641. The Morgan fingerprint density at radius 3 is 2.48 bits per heavy atom. The molecule has 1 fully saturated rings. The van der Waals surface area contributed by atoms with E-state index in [2.05, 4.69) is 0 Å². The number of likely N-dealkylation sites (tertiary alicyclic amines) is 1. The molecule has 0 atom stereocenters. The van der Waals surface area contributed by atoms with Gasteiger partial charge in [-0.15, -0.1) is 0 Å². The number of hydrogen-bond acceptors (Lipinski definition) is 4. The van der Waals surface area contributed by atoms with Gasteiger partial charge in [-0.2, -0.15) is 0 Å². The zero-order chi connectivity index (χ0) is 19.6. The van der Waals surface area contributed by atoms with Crippen molar-refractivity contribution in [2.24, 2.45) is 0 Å². The molecule has 8 heteroatoms. The van der Waals surface area contributed by atoms with Crippen LogP contribution in [-0.4, -0.2) is 44.7 Å². The lowest BCUT2D eigenvalue weighted by atomic mass is 10.1. The second-order valence-electron chi connectivity index (χ2n) is 6.39. The van der Waals surface area contributed by atoms with Crippen molar-refractivity contribution in [1.82, 2.24) is 4.90 Å². The third kappa shape index (κ3) is 4.25. The molecule has 3 rings (SSSR count). The molecule has 1 saturated heterocycles. The maximum absolute atomic E-state index is 13.2. The van der Waals surface area contributed by atoms with Crippen LogP contribution in [0.4, 0.5) is 4.39 Å². The zero-order valence-electron chi connectivity index (χ0n) is 14.7. The number of halogens is 2. The van der Waals surface area contributed by atoms with Crippen molar-refractivity contribution < 1.29 is 22.3 Å². The maximum Gasteiger partial charge on any atom is 0.222 e. The summed E-state index contributed by atoms with van der Waals surface area (Å²) >= 11 is 5.73. The fourth-order valence-electron chi connectivity index (χ4n) is 2.90. The smallest absolute Gasteiger partial charge is 0.222 e. The minimum absolute atomic E-state index is 0.0227. The number of carbonyl (C=O) groups is 1. The van der Waals surface area contributed by atoms with Gasteiger partial charge in [-0.3, -0.25) is 4.79 Å². The molecule has 0 unspecified atom stereocenters. The first kappa shape index (κ1) is 19.6. The Hall–Kier alpha value is -2.12. The molecule has 5 nitrogen and oxygen atoms in total. The molecule has 1 amide bonds. The molecule has 0 saturated carbocycles. The summed E-state index contributed by atoms with van der Waals surface area (Å²) in [5.41, 5.74) is 0.762. The number of carbonyl (C=O) groups excluding carboxylic acids is 1. The molecule has 0 radical (unpaired) electrons. The molecule has 0 spiro atoms. The molecule has 1 aliphatic heterocycles. The summed E-state index contributed by atoms with van der Waals surface area (Å²) in [6, 6.07) is 10.6. The first-order chi connectivity index (χ1) is 12.8. The van der Waals surface area contributed by atoms with Crippen LogP contribution in [0.1, 0.15) is 12.0 Å². The summed E-state index contributed by atoms with van der Waals surface area (Å²) in [7, 11) is -1.97. The Balaban J connectivity index is 1.54. The van der Waals surface area contributed by atoms with Gasteiger partial charge < -0.3 is 9.64 Å². The minimum Gasteiger partial charge on any atom is -0.497 e. The zero-order valence-corrected chi connectivity index (χ0v) is 16.3. The predicted molar refractivity (Wildman–Crippen MR) is 100 cm³/mol. The van der Waals surface area contributed by atoms with Gasteiger partial charge in [0.05, 0.1) is 17.0 Å². The lowest BCUT2D eigenvalue weighted by molar-refractivity contribution is -0.134. The summed E-state index contributed by atoms with van der Waals surface area (Å²) in [6.45, 7) is 0.356. The third-order valence-corrected chi connectivity index (χ3v) is 7.03. The second kappa shape index (κ2) is 7.86. The van der Waals surface area contributed by atoms with Crippen molar-refractivity contribution >= 4 is 27.3 Å².